The van der Waals surface area contributed by atoms with Crippen molar-refractivity contribution in [3.05, 3.63) is 60.7 Å². The number of rotatable bonds is 13. The average molecular weight is 408 g/mol. The molecule has 8 heteroatoms. The third-order valence-electron chi connectivity index (χ3n) is 3.96. The summed E-state index contributed by atoms with van der Waals surface area (Å²) < 4.78 is 29.9. The smallest absolute Gasteiger partial charge is 0.395 e. The first-order chi connectivity index (χ1) is 13.5. The fourth-order valence-electron chi connectivity index (χ4n) is 2.39. The van der Waals surface area contributed by atoms with Crippen LogP contribution in [-0.2, 0) is 18.8 Å². The molecule has 152 valence electrons. The summed E-state index contributed by atoms with van der Waals surface area (Å²) in [6.45, 7) is 1.88. The molecule has 0 aliphatic carbocycles. The minimum atomic E-state index is -3.97. The Morgan fingerprint density at radius 3 is 2.00 bits per heavy atom. The Hall–Kier alpha value is -2.18. The molecule has 0 aromatic heterocycles. The average Bonchev–Trinajstić information content (AvgIpc) is 2.71. The number of phosphoric ester groups is 1. The van der Waals surface area contributed by atoms with Gasteiger partial charge in [-0.1, -0.05) is 49.7 Å². The molecule has 1 N–H and O–H groups in total. The van der Waals surface area contributed by atoms with E-state index in [-0.39, 0.29) is 37.8 Å². The van der Waals surface area contributed by atoms with E-state index in [1.807, 2.05) is 19.1 Å². The molecule has 2 aromatic rings. The van der Waals surface area contributed by atoms with Crippen molar-refractivity contribution < 1.29 is 33.1 Å². The third kappa shape index (κ3) is 7.82. The van der Waals surface area contributed by atoms with Crippen molar-refractivity contribution in [1.82, 2.24) is 0 Å². The van der Waals surface area contributed by atoms with Crippen molar-refractivity contribution in [2.24, 2.45) is 5.92 Å². The maximum Gasteiger partial charge on any atom is 0.587 e. The van der Waals surface area contributed by atoms with Crippen molar-refractivity contribution in [2.45, 2.75) is 26.2 Å². The number of hydrogen-bond acceptors (Lipinski definition) is 7. The highest BCUT2D eigenvalue weighted by Crippen LogP contribution is 2.50. The molecular formula is C20H25O7P. The van der Waals surface area contributed by atoms with Gasteiger partial charge in [0.15, 0.2) is 0 Å². The molecule has 0 amide bonds. The van der Waals surface area contributed by atoms with Gasteiger partial charge in [-0.15, -0.1) is 0 Å². The van der Waals surface area contributed by atoms with E-state index in [4.69, 9.17) is 18.8 Å². The zero-order valence-corrected chi connectivity index (χ0v) is 16.6. The fourth-order valence-corrected chi connectivity index (χ4v) is 3.69. The second-order valence-corrected chi connectivity index (χ2v) is 7.67. The van der Waals surface area contributed by atoms with Crippen LogP contribution in [0.25, 0.3) is 0 Å². The molecule has 2 aromatic carbocycles. The number of benzene rings is 2. The van der Waals surface area contributed by atoms with Crippen LogP contribution < -0.4 is 9.05 Å². The summed E-state index contributed by atoms with van der Waals surface area (Å²) in [5, 5.41) is 8.35. The highest BCUT2D eigenvalue weighted by atomic mass is 31.2. The van der Waals surface area contributed by atoms with Gasteiger partial charge in [0.25, 0.3) is 0 Å². The van der Waals surface area contributed by atoms with Crippen molar-refractivity contribution in [3.63, 3.8) is 0 Å². The van der Waals surface area contributed by atoms with Crippen molar-refractivity contribution in [1.29, 1.82) is 0 Å². The Morgan fingerprint density at radius 2 is 1.54 bits per heavy atom. The van der Waals surface area contributed by atoms with Gasteiger partial charge in [0.1, 0.15) is 17.3 Å². The standard InChI is InChI=1S/C20H25O7P/c1-2-17(15-18(21)13-14-24-22)16-25-28(23,26-19-9-5-3-6-10-19)27-20-11-7-4-8-12-20/h3-12,17,22H,2,13-16H2,1H3. The molecule has 0 saturated heterocycles. The quantitative estimate of drug-likeness (QED) is 0.279. The van der Waals surface area contributed by atoms with Gasteiger partial charge in [-0.2, -0.15) is 0 Å². The van der Waals surface area contributed by atoms with E-state index >= 15 is 0 Å². The van der Waals surface area contributed by atoms with Crippen LogP contribution in [0.15, 0.2) is 60.7 Å². The van der Waals surface area contributed by atoms with Crippen LogP contribution >= 0.6 is 7.82 Å². The highest BCUT2D eigenvalue weighted by Gasteiger charge is 2.32. The summed E-state index contributed by atoms with van der Waals surface area (Å²) in [4.78, 5) is 15.8. The van der Waals surface area contributed by atoms with Gasteiger partial charge < -0.3 is 9.05 Å². The molecule has 0 aliphatic rings. The second kappa shape index (κ2) is 11.6. The molecule has 0 spiro atoms. The van der Waals surface area contributed by atoms with Crippen molar-refractivity contribution in [3.8, 4) is 11.5 Å². The van der Waals surface area contributed by atoms with E-state index < -0.39 is 7.82 Å². The SMILES string of the molecule is CCC(COP(=O)(Oc1ccccc1)Oc1ccccc1)CC(=O)CCOO. The Bertz CT molecular complexity index is 706. The molecular weight excluding hydrogens is 383 g/mol. The van der Waals surface area contributed by atoms with Crippen molar-refractivity contribution >= 4 is 13.6 Å². The van der Waals surface area contributed by atoms with Gasteiger partial charge in [-0.25, -0.2) is 9.45 Å². The topological polar surface area (TPSA) is 91.3 Å². The molecule has 1 atom stereocenters. The van der Waals surface area contributed by atoms with E-state index in [1.165, 1.54) is 0 Å². The van der Waals surface area contributed by atoms with Gasteiger partial charge in [0.05, 0.1) is 13.2 Å². The molecule has 7 nitrogen and oxygen atoms in total. The van der Waals surface area contributed by atoms with E-state index in [1.54, 1.807) is 48.5 Å². The molecule has 0 saturated carbocycles. The molecule has 0 aliphatic heterocycles. The number of hydrogen-bond donors (Lipinski definition) is 1. The highest BCUT2D eigenvalue weighted by molar-refractivity contribution is 7.49. The maximum absolute atomic E-state index is 13.2. The van der Waals surface area contributed by atoms with Gasteiger partial charge in [-0.05, 0) is 30.2 Å². The lowest BCUT2D eigenvalue weighted by atomic mass is 9.99. The lowest BCUT2D eigenvalue weighted by molar-refractivity contribution is -0.242. The number of carbonyl (C=O) groups is 1. The number of phosphoric acid groups is 1. The lowest BCUT2D eigenvalue weighted by Gasteiger charge is -2.21. The van der Waals surface area contributed by atoms with Crippen LogP contribution in [0.2, 0.25) is 0 Å². The fraction of sp³-hybridized carbons (Fsp3) is 0.350. The van der Waals surface area contributed by atoms with Gasteiger partial charge in [0.2, 0.25) is 0 Å². The Kier molecular flexibility index (Phi) is 9.17. The first-order valence-corrected chi connectivity index (χ1v) is 10.5. The first kappa shape index (κ1) is 22.1. The first-order valence-electron chi connectivity index (χ1n) is 9.06. The summed E-state index contributed by atoms with van der Waals surface area (Å²) in [6, 6.07) is 17.2. The van der Waals surface area contributed by atoms with Crippen LogP contribution in [0.3, 0.4) is 0 Å². The summed E-state index contributed by atoms with van der Waals surface area (Å²) in [6.07, 6.45) is 0.963. The molecule has 1 unspecified atom stereocenters. The van der Waals surface area contributed by atoms with Gasteiger partial charge >= 0.3 is 7.82 Å². The predicted octanol–water partition coefficient (Wildman–Crippen LogP) is 5.13. The zero-order valence-electron chi connectivity index (χ0n) is 15.7. The van der Waals surface area contributed by atoms with Crippen LogP contribution in [-0.4, -0.2) is 24.3 Å². The normalized spacial score (nSPS) is 12.4. The Morgan fingerprint density at radius 1 is 1.00 bits per heavy atom. The van der Waals surface area contributed by atoms with E-state index in [0.717, 1.165) is 0 Å². The number of Topliss-reactive ketones (excluding diaryl/α,β-unsaturated/α-hetero) is 1. The van der Waals surface area contributed by atoms with E-state index in [9.17, 15) is 9.36 Å². The van der Waals surface area contributed by atoms with Crippen LogP contribution in [0, 0.1) is 5.92 Å². The predicted molar refractivity (Wildman–Crippen MR) is 104 cm³/mol. The third-order valence-corrected chi connectivity index (χ3v) is 5.29. The van der Waals surface area contributed by atoms with Crippen LogP contribution in [0.5, 0.6) is 11.5 Å². The molecule has 2 rings (SSSR count). The van der Waals surface area contributed by atoms with Gasteiger partial charge in [-0.3, -0.25) is 14.6 Å². The second-order valence-electron chi connectivity index (χ2n) is 6.15. The molecule has 0 radical (unpaired) electrons. The summed E-state index contributed by atoms with van der Waals surface area (Å²) in [7, 11) is -3.97. The van der Waals surface area contributed by atoms with Gasteiger partial charge in [0, 0.05) is 12.8 Å². The van der Waals surface area contributed by atoms with Crippen LogP contribution in [0.1, 0.15) is 26.2 Å². The molecule has 0 heterocycles. The summed E-state index contributed by atoms with van der Waals surface area (Å²) in [5.74, 6) is 0.461. The summed E-state index contributed by atoms with van der Waals surface area (Å²) in [5.41, 5.74) is 0. The number of para-hydroxylation sites is 2. The Labute approximate surface area is 164 Å². The van der Waals surface area contributed by atoms with E-state index in [2.05, 4.69) is 4.89 Å². The summed E-state index contributed by atoms with van der Waals surface area (Å²) >= 11 is 0. The maximum atomic E-state index is 13.2. The molecule has 28 heavy (non-hydrogen) atoms. The van der Waals surface area contributed by atoms with Crippen molar-refractivity contribution in [2.75, 3.05) is 13.2 Å². The lowest BCUT2D eigenvalue weighted by Crippen LogP contribution is -2.16. The zero-order chi connectivity index (χ0) is 20.2. The minimum Gasteiger partial charge on any atom is -0.395 e. The van der Waals surface area contributed by atoms with E-state index in [0.29, 0.717) is 17.9 Å². The monoisotopic (exact) mass is 408 g/mol. The number of ketones is 1. The Balaban J connectivity index is 2.05. The van der Waals surface area contributed by atoms with Crippen LogP contribution in [0.4, 0.5) is 0 Å². The molecule has 0 fully saturated rings. The molecule has 0 bridgehead atoms. The largest absolute Gasteiger partial charge is 0.587 e. The minimum absolute atomic E-state index is 0.0270. The number of carbonyl (C=O) groups excluding carboxylic acids is 1.